The first-order valence-electron chi connectivity index (χ1n) is 14.2. The molecule has 1 fully saturated rings. The molecule has 43 heavy (non-hydrogen) atoms. The van der Waals surface area contributed by atoms with Gasteiger partial charge in [-0.3, -0.25) is 4.79 Å². The molecule has 4 atom stereocenters. The van der Waals surface area contributed by atoms with E-state index in [1.807, 2.05) is 91.0 Å². The number of urea groups is 1. The van der Waals surface area contributed by atoms with Crippen LogP contribution in [-0.4, -0.2) is 39.8 Å². The number of hydrogen-bond donors (Lipinski definition) is 3. The number of benzene rings is 3. The number of thioether (sulfide) groups is 1. The zero-order valence-electron chi connectivity index (χ0n) is 23.9. The lowest BCUT2D eigenvalue weighted by Crippen LogP contribution is -2.43. The van der Waals surface area contributed by atoms with Gasteiger partial charge in [0.05, 0.1) is 29.9 Å². The van der Waals surface area contributed by atoms with Crippen molar-refractivity contribution in [3.05, 3.63) is 126 Å². The van der Waals surface area contributed by atoms with Crippen molar-refractivity contribution in [2.45, 2.75) is 55.9 Å². The molecular formula is C34H35N3O5S. The van der Waals surface area contributed by atoms with Crippen molar-refractivity contribution < 1.29 is 24.2 Å². The van der Waals surface area contributed by atoms with Gasteiger partial charge in [-0.05, 0) is 54.3 Å². The number of pyridine rings is 1. The highest BCUT2D eigenvalue weighted by Gasteiger charge is 2.32. The molecule has 222 valence electrons. The number of rotatable bonds is 11. The maximum absolute atomic E-state index is 12.9. The Morgan fingerprint density at radius 2 is 1.72 bits per heavy atom. The molecule has 5 rings (SSSR count). The fraction of sp³-hybridized carbons (Fsp3) is 0.265. The predicted octanol–water partition coefficient (Wildman–Crippen LogP) is 6.23. The molecule has 1 unspecified atom stereocenters. The fourth-order valence-corrected chi connectivity index (χ4v) is 5.75. The molecule has 3 N–H and O–H groups in total. The first kappa shape index (κ1) is 30.4. The summed E-state index contributed by atoms with van der Waals surface area (Å²) in [5.41, 5.74) is 4.11. The molecule has 3 aromatic carbocycles. The van der Waals surface area contributed by atoms with Crippen molar-refractivity contribution in [3.63, 3.8) is 0 Å². The number of carbonyl (C=O) groups excluding carboxylic acids is 2. The maximum Gasteiger partial charge on any atom is 0.319 e. The minimum absolute atomic E-state index is 0.0202. The number of amides is 2. The van der Waals surface area contributed by atoms with E-state index in [0.717, 1.165) is 27.3 Å². The van der Waals surface area contributed by atoms with E-state index in [4.69, 9.17) is 9.47 Å². The number of hydrogen-bond acceptors (Lipinski definition) is 7. The Bertz CT molecular complexity index is 1490. The van der Waals surface area contributed by atoms with E-state index in [-0.39, 0.29) is 24.6 Å². The first-order chi connectivity index (χ1) is 21.0. The van der Waals surface area contributed by atoms with Gasteiger partial charge in [0.2, 0.25) is 0 Å². The molecule has 2 amide bonds. The third-order valence-electron chi connectivity index (χ3n) is 7.17. The van der Waals surface area contributed by atoms with E-state index in [2.05, 4.69) is 15.6 Å². The van der Waals surface area contributed by atoms with Crippen LogP contribution < -0.4 is 10.6 Å². The summed E-state index contributed by atoms with van der Waals surface area (Å²) in [6.45, 7) is 1.45. The highest BCUT2D eigenvalue weighted by Crippen LogP contribution is 2.39. The number of carbonyl (C=O) groups is 2. The molecule has 0 radical (unpaired) electrons. The molecule has 2 heterocycles. The third kappa shape index (κ3) is 8.75. The van der Waals surface area contributed by atoms with Crippen LogP contribution in [0.15, 0.2) is 108 Å². The minimum Gasteiger partial charge on any atom is -0.392 e. The number of Topliss-reactive ketones (excluding diaryl/α,β-unsaturated/α-hetero) is 1. The SMILES string of the molecule is CC(=O)[C@@H](Cc1ccccc1)NC(=O)Nc1cccc(C2O[C@H](CSc3ccccn3)C[C@H](c3ccc(CO)cc3)O2)c1. The summed E-state index contributed by atoms with van der Waals surface area (Å²) in [5, 5.41) is 16.0. The lowest BCUT2D eigenvalue weighted by Gasteiger charge is -2.36. The van der Waals surface area contributed by atoms with Crippen LogP contribution in [0.1, 0.15) is 48.0 Å². The van der Waals surface area contributed by atoms with Crippen molar-refractivity contribution in [1.82, 2.24) is 10.3 Å². The standard InChI is InChI=1S/C34H35N3O5S/c1-23(39)30(18-24-8-3-2-4-9-24)37-34(40)36-28-11-7-10-27(19-28)33-41-29(22-43-32-12-5-6-17-35-32)20-31(42-33)26-15-13-25(21-38)14-16-26/h2-17,19,29-31,33,38H,18,20-22H2,1H3,(H2,36,37,40)/t29-,30+,31+,33?/m0/s1. The summed E-state index contributed by atoms with van der Waals surface area (Å²) in [6.07, 6.45) is 1.82. The zero-order chi connectivity index (χ0) is 30.0. The van der Waals surface area contributed by atoms with Gasteiger partial charge in [0, 0.05) is 29.6 Å². The number of aliphatic hydroxyl groups excluding tert-OH is 1. The Morgan fingerprint density at radius 1 is 0.930 bits per heavy atom. The monoisotopic (exact) mass is 597 g/mol. The maximum atomic E-state index is 12.9. The Hall–Kier alpha value is -4.02. The van der Waals surface area contributed by atoms with Crippen molar-refractivity contribution in [1.29, 1.82) is 0 Å². The fourth-order valence-electron chi connectivity index (χ4n) is 4.87. The second kappa shape index (κ2) is 14.9. The minimum atomic E-state index is -0.668. The number of ether oxygens (including phenoxy) is 2. The van der Waals surface area contributed by atoms with Crippen LogP contribution in [0.2, 0.25) is 0 Å². The molecule has 1 aliphatic heterocycles. The molecule has 0 aliphatic carbocycles. The van der Waals surface area contributed by atoms with E-state index in [1.54, 1.807) is 24.0 Å². The van der Waals surface area contributed by atoms with E-state index in [9.17, 15) is 14.7 Å². The van der Waals surface area contributed by atoms with Gasteiger partial charge in [-0.1, -0.05) is 72.8 Å². The number of nitrogens with zero attached hydrogens (tertiary/aromatic N) is 1. The van der Waals surface area contributed by atoms with Crippen LogP contribution in [0.4, 0.5) is 10.5 Å². The lowest BCUT2D eigenvalue weighted by molar-refractivity contribution is -0.245. The smallest absolute Gasteiger partial charge is 0.319 e. The number of aromatic nitrogens is 1. The molecule has 1 aromatic heterocycles. The molecule has 0 bridgehead atoms. The molecular weight excluding hydrogens is 562 g/mol. The van der Waals surface area contributed by atoms with Crippen LogP contribution >= 0.6 is 11.8 Å². The van der Waals surface area contributed by atoms with Gasteiger partial charge < -0.3 is 25.2 Å². The second-order valence-corrected chi connectivity index (χ2v) is 11.4. The molecule has 0 spiro atoms. The number of nitrogens with one attached hydrogen (secondary N) is 2. The van der Waals surface area contributed by atoms with E-state index in [1.165, 1.54) is 6.92 Å². The van der Waals surface area contributed by atoms with Crippen molar-refractivity contribution in [2.24, 2.45) is 0 Å². The summed E-state index contributed by atoms with van der Waals surface area (Å²) in [5.74, 6) is 0.570. The van der Waals surface area contributed by atoms with Crippen molar-refractivity contribution >= 4 is 29.3 Å². The van der Waals surface area contributed by atoms with Crippen LogP contribution in [0, 0.1) is 0 Å². The summed E-state index contributed by atoms with van der Waals surface area (Å²) in [7, 11) is 0. The molecule has 1 saturated heterocycles. The van der Waals surface area contributed by atoms with Crippen LogP contribution in [0.5, 0.6) is 0 Å². The van der Waals surface area contributed by atoms with Gasteiger partial charge in [-0.2, -0.15) is 0 Å². The van der Waals surface area contributed by atoms with Gasteiger partial charge in [-0.15, -0.1) is 11.8 Å². The quantitative estimate of drug-likeness (QED) is 0.176. The Balaban J connectivity index is 1.29. The summed E-state index contributed by atoms with van der Waals surface area (Å²) >= 11 is 1.63. The van der Waals surface area contributed by atoms with Crippen LogP contribution in [0.25, 0.3) is 0 Å². The lowest BCUT2D eigenvalue weighted by atomic mass is 10.0. The Kier molecular flexibility index (Phi) is 10.6. The predicted molar refractivity (Wildman–Crippen MR) is 167 cm³/mol. The largest absolute Gasteiger partial charge is 0.392 e. The Labute approximate surface area is 255 Å². The highest BCUT2D eigenvalue weighted by atomic mass is 32.2. The van der Waals surface area contributed by atoms with Crippen LogP contribution in [-0.2, 0) is 27.3 Å². The normalized spacial score (nSPS) is 18.9. The second-order valence-electron chi connectivity index (χ2n) is 10.4. The van der Waals surface area contributed by atoms with E-state index >= 15 is 0 Å². The van der Waals surface area contributed by atoms with Crippen molar-refractivity contribution in [2.75, 3.05) is 11.1 Å². The molecule has 1 aliphatic rings. The van der Waals surface area contributed by atoms with Crippen molar-refractivity contribution in [3.8, 4) is 0 Å². The molecule has 8 nitrogen and oxygen atoms in total. The number of anilines is 1. The van der Waals surface area contributed by atoms with Gasteiger partial charge >= 0.3 is 6.03 Å². The highest BCUT2D eigenvalue weighted by molar-refractivity contribution is 7.99. The van der Waals surface area contributed by atoms with E-state index < -0.39 is 18.4 Å². The first-order valence-corrected chi connectivity index (χ1v) is 15.2. The van der Waals surface area contributed by atoms with Gasteiger partial charge in [0.15, 0.2) is 12.1 Å². The van der Waals surface area contributed by atoms with Crippen LogP contribution in [0.3, 0.4) is 0 Å². The number of ketones is 1. The average molecular weight is 598 g/mol. The molecule has 0 saturated carbocycles. The number of aliphatic hydroxyl groups is 1. The summed E-state index contributed by atoms with van der Waals surface area (Å²) < 4.78 is 12.9. The zero-order valence-corrected chi connectivity index (χ0v) is 24.7. The van der Waals surface area contributed by atoms with Gasteiger partial charge in [0.25, 0.3) is 0 Å². The summed E-state index contributed by atoms with van der Waals surface area (Å²) in [6, 6.07) is 29.4. The molecule has 4 aromatic rings. The average Bonchev–Trinajstić information content (AvgIpc) is 3.04. The van der Waals surface area contributed by atoms with Gasteiger partial charge in [0.1, 0.15) is 0 Å². The summed E-state index contributed by atoms with van der Waals surface area (Å²) in [4.78, 5) is 29.6. The Morgan fingerprint density at radius 3 is 2.44 bits per heavy atom. The topological polar surface area (TPSA) is 110 Å². The molecule has 9 heteroatoms. The van der Waals surface area contributed by atoms with Gasteiger partial charge in [-0.25, -0.2) is 9.78 Å². The third-order valence-corrected chi connectivity index (χ3v) is 8.24. The van der Waals surface area contributed by atoms with E-state index in [0.29, 0.717) is 24.3 Å².